The fraction of sp³-hybridized carbons (Fsp3) is 0.130. The minimum Gasteiger partial charge on any atom is -0.452 e. The molecule has 0 saturated carbocycles. The highest BCUT2D eigenvalue weighted by Gasteiger charge is 2.39. The molecule has 0 aliphatic heterocycles. The second kappa shape index (κ2) is 9.13. The molecule has 0 radical (unpaired) electrons. The lowest BCUT2D eigenvalue weighted by Gasteiger charge is -2.18. The van der Waals surface area contributed by atoms with Crippen LogP contribution in [0, 0.1) is 10.1 Å². The van der Waals surface area contributed by atoms with Crippen LogP contribution in [0.1, 0.15) is 47.1 Å². The van der Waals surface area contributed by atoms with Crippen molar-refractivity contribution in [3.63, 3.8) is 0 Å². The van der Waals surface area contributed by atoms with Crippen molar-refractivity contribution in [2.24, 2.45) is 0 Å². The summed E-state index contributed by atoms with van der Waals surface area (Å²) in [6, 6.07) is 12.1. The molecule has 10 heteroatoms. The smallest absolute Gasteiger partial charge is 0.345 e. The van der Waals surface area contributed by atoms with Gasteiger partial charge in [-0.2, -0.15) is 0 Å². The van der Waals surface area contributed by atoms with Crippen LogP contribution < -0.4 is 5.32 Å². The summed E-state index contributed by atoms with van der Waals surface area (Å²) >= 11 is 1.55. The first-order valence-electron chi connectivity index (χ1n) is 9.84. The summed E-state index contributed by atoms with van der Waals surface area (Å²) in [6.07, 6.45) is 0.616. The summed E-state index contributed by atoms with van der Waals surface area (Å²) < 4.78 is 4.94. The number of rotatable bonds is 7. The van der Waals surface area contributed by atoms with Crippen LogP contribution in [0.3, 0.4) is 0 Å². The summed E-state index contributed by atoms with van der Waals surface area (Å²) in [5.74, 6) is -2.99. The Balaban J connectivity index is 1.53. The lowest BCUT2D eigenvalue weighted by atomic mass is 9.82. The average molecular weight is 464 g/mol. The SMILES string of the molecule is O=C(COC(=O)c1ccc2c(c1[N+](=O)[O-])C(=O)c1ccccc1C2=O)NCCc1cccs1. The van der Waals surface area contributed by atoms with Crippen molar-refractivity contribution < 1.29 is 28.8 Å². The second-order valence-electron chi connectivity index (χ2n) is 7.10. The molecule has 0 saturated heterocycles. The van der Waals surface area contributed by atoms with Gasteiger partial charge in [0.1, 0.15) is 11.1 Å². The van der Waals surface area contributed by atoms with Gasteiger partial charge in [-0.1, -0.05) is 30.3 Å². The van der Waals surface area contributed by atoms with E-state index in [0.717, 1.165) is 10.9 Å². The number of nitro groups is 1. The van der Waals surface area contributed by atoms with Gasteiger partial charge in [0.15, 0.2) is 12.4 Å². The molecule has 1 amide bonds. The minimum atomic E-state index is -1.14. The third-order valence-corrected chi connectivity index (χ3v) is 6.01. The van der Waals surface area contributed by atoms with Crippen molar-refractivity contribution in [1.82, 2.24) is 5.32 Å². The molecular weight excluding hydrogens is 448 g/mol. The first-order valence-corrected chi connectivity index (χ1v) is 10.7. The number of amides is 1. The van der Waals surface area contributed by atoms with Crippen molar-refractivity contribution in [2.75, 3.05) is 13.2 Å². The molecule has 166 valence electrons. The van der Waals surface area contributed by atoms with Crippen LogP contribution in [0.4, 0.5) is 5.69 Å². The van der Waals surface area contributed by atoms with Crippen molar-refractivity contribution in [3.05, 3.63) is 96.7 Å². The molecule has 1 aromatic heterocycles. The van der Waals surface area contributed by atoms with Gasteiger partial charge in [-0.15, -0.1) is 11.3 Å². The highest BCUT2D eigenvalue weighted by molar-refractivity contribution is 7.09. The number of benzene rings is 2. The Morgan fingerprint density at radius 1 is 0.970 bits per heavy atom. The number of nitro benzene ring substituents is 1. The van der Waals surface area contributed by atoms with Gasteiger partial charge in [-0.3, -0.25) is 24.5 Å². The number of nitrogens with one attached hydrogen (secondary N) is 1. The number of hydrogen-bond acceptors (Lipinski definition) is 8. The van der Waals surface area contributed by atoms with Crippen molar-refractivity contribution in [1.29, 1.82) is 0 Å². The molecule has 0 unspecified atom stereocenters. The topological polar surface area (TPSA) is 133 Å². The van der Waals surface area contributed by atoms with E-state index < -0.39 is 51.8 Å². The Morgan fingerprint density at radius 3 is 2.36 bits per heavy atom. The van der Waals surface area contributed by atoms with Gasteiger partial charge in [-0.05, 0) is 30.0 Å². The highest BCUT2D eigenvalue weighted by Crippen LogP contribution is 2.35. The van der Waals surface area contributed by atoms with E-state index in [0.29, 0.717) is 13.0 Å². The first kappa shape index (κ1) is 22.0. The van der Waals surface area contributed by atoms with E-state index in [4.69, 9.17) is 4.74 Å². The van der Waals surface area contributed by atoms with Crippen LogP contribution >= 0.6 is 11.3 Å². The molecule has 0 bridgehead atoms. The standard InChI is InChI=1S/C23H16N2O7S/c26-18(24-10-9-13-4-3-11-33-13)12-32-23(29)17-8-7-16-19(20(17)25(30)31)22(28)15-6-2-1-5-14(15)21(16)27/h1-8,11H,9-10,12H2,(H,24,26). The molecule has 33 heavy (non-hydrogen) atoms. The summed E-state index contributed by atoms with van der Waals surface area (Å²) in [5, 5.41) is 16.3. The summed E-state index contributed by atoms with van der Waals surface area (Å²) in [4.78, 5) is 62.3. The number of carbonyl (C=O) groups is 4. The van der Waals surface area contributed by atoms with E-state index in [1.807, 2.05) is 17.5 Å². The van der Waals surface area contributed by atoms with Crippen molar-refractivity contribution in [3.8, 4) is 0 Å². The third kappa shape index (κ3) is 4.28. The van der Waals surface area contributed by atoms with Crippen LogP contribution in [0.2, 0.25) is 0 Å². The lowest BCUT2D eigenvalue weighted by molar-refractivity contribution is -0.385. The van der Waals surface area contributed by atoms with Gasteiger partial charge in [0.05, 0.1) is 4.92 Å². The Hall–Kier alpha value is -4.18. The average Bonchev–Trinajstić information content (AvgIpc) is 3.33. The van der Waals surface area contributed by atoms with Gasteiger partial charge in [0.25, 0.3) is 11.6 Å². The van der Waals surface area contributed by atoms with Gasteiger partial charge in [0.2, 0.25) is 5.78 Å². The molecule has 1 aliphatic carbocycles. The molecule has 1 aliphatic rings. The normalized spacial score (nSPS) is 12.0. The Morgan fingerprint density at radius 2 is 1.70 bits per heavy atom. The summed E-state index contributed by atoms with van der Waals surface area (Å²) in [7, 11) is 0. The zero-order valence-corrected chi connectivity index (χ0v) is 17.8. The van der Waals surface area contributed by atoms with Crippen LogP contribution in [0.25, 0.3) is 0 Å². The Labute approximate surface area is 191 Å². The quantitative estimate of drug-likeness (QED) is 0.253. The van der Waals surface area contributed by atoms with E-state index in [9.17, 15) is 29.3 Å². The number of nitrogens with zero attached hydrogens (tertiary/aromatic N) is 1. The van der Waals surface area contributed by atoms with E-state index >= 15 is 0 Å². The van der Waals surface area contributed by atoms with Crippen LogP contribution in [-0.2, 0) is 16.0 Å². The Kier molecular flexibility index (Phi) is 6.09. The molecule has 0 fully saturated rings. The van der Waals surface area contributed by atoms with Crippen LogP contribution in [-0.4, -0.2) is 41.5 Å². The highest BCUT2D eigenvalue weighted by atomic mass is 32.1. The summed E-state index contributed by atoms with van der Waals surface area (Å²) in [6.45, 7) is -0.306. The first-order chi connectivity index (χ1) is 15.9. The monoisotopic (exact) mass is 464 g/mol. The van der Waals surface area contributed by atoms with Gasteiger partial charge in [0, 0.05) is 28.1 Å². The molecule has 1 N–H and O–H groups in total. The fourth-order valence-corrected chi connectivity index (χ4v) is 4.27. The molecule has 2 aromatic carbocycles. The number of ether oxygens (including phenoxy) is 1. The van der Waals surface area contributed by atoms with E-state index in [1.165, 1.54) is 24.3 Å². The number of fused-ring (bicyclic) bond motifs is 2. The van der Waals surface area contributed by atoms with E-state index in [-0.39, 0.29) is 16.7 Å². The molecule has 9 nitrogen and oxygen atoms in total. The predicted octanol–water partition coefficient (Wildman–Crippen LogP) is 2.95. The van der Waals surface area contributed by atoms with Gasteiger partial charge >= 0.3 is 5.97 Å². The maximum absolute atomic E-state index is 13.0. The number of ketones is 2. The third-order valence-electron chi connectivity index (χ3n) is 5.08. The Bertz CT molecular complexity index is 1300. The zero-order valence-electron chi connectivity index (χ0n) is 17.0. The largest absolute Gasteiger partial charge is 0.452 e. The lowest BCUT2D eigenvalue weighted by Crippen LogP contribution is -2.30. The molecule has 0 spiro atoms. The van der Waals surface area contributed by atoms with Gasteiger partial charge in [-0.25, -0.2) is 4.79 Å². The van der Waals surface area contributed by atoms with E-state index in [2.05, 4.69) is 5.32 Å². The molecule has 4 rings (SSSR count). The fourth-order valence-electron chi connectivity index (χ4n) is 3.56. The molecule has 0 atom stereocenters. The van der Waals surface area contributed by atoms with Gasteiger partial charge < -0.3 is 10.1 Å². The van der Waals surface area contributed by atoms with Crippen molar-refractivity contribution in [2.45, 2.75) is 6.42 Å². The minimum absolute atomic E-state index is 0.0220. The number of hydrogen-bond donors (Lipinski definition) is 1. The van der Waals surface area contributed by atoms with Crippen LogP contribution in [0.5, 0.6) is 0 Å². The van der Waals surface area contributed by atoms with Crippen molar-refractivity contribution >= 4 is 40.5 Å². The second-order valence-corrected chi connectivity index (χ2v) is 8.13. The number of carbonyl (C=O) groups excluding carboxylic acids is 4. The number of thiophene rings is 1. The zero-order chi connectivity index (χ0) is 23.5. The number of esters is 1. The predicted molar refractivity (Wildman–Crippen MR) is 118 cm³/mol. The molecule has 3 aromatic rings. The molecular formula is C23H16N2O7S. The maximum atomic E-state index is 13.0. The van der Waals surface area contributed by atoms with E-state index in [1.54, 1.807) is 17.4 Å². The van der Waals surface area contributed by atoms with Crippen LogP contribution in [0.15, 0.2) is 53.9 Å². The maximum Gasteiger partial charge on any atom is 0.345 e. The molecule has 1 heterocycles. The summed E-state index contributed by atoms with van der Waals surface area (Å²) in [5.41, 5.74) is -1.78.